The molecule has 1 aromatic carbocycles. The first-order chi connectivity index (χ1) is 9.19. The van der Waals surface area contributed by atoms with E-state index in [9.17, 15) is 9.59 Å². The van der Waals surface area contributed by atoms with E-state index in [0.29, 0.717) is 24.1 Å². The molecule has 0 aliphatic rings. The molecule has 2 rings (SSSR count). The molecule has 0 aliphatic carbocycles. The molecule has 2 aromatic rings. The van der Waals surface area contributed by atoms with Gasteiger partial charge in [-0.1, -0.05) is 24.3 Å². The molecule has 4 nitrogen and oxygen atoms in total. The third kappa shape index (κ3) is 3.48. The van der Waals surface area contributed by atoms with Crippen LogP contribution in [0.2, 0.25) is 0 Å². The number of aryl methyl sites for hydroxylation is 1. The number of hydrogen-bond donors (Lipinski definition) is 1. The van der Waals surface area contributed by atoms with Gasteiger partial charge in [0.2, 0.25) is 5.91 Å². The van der Waals surface area contributed by atoms with Crippen LogP contribution in [0.15, 0.2) is 42.6 Å². The maximum absolute atomic E-state index is 11.9. The Morgan fingerprint density at radius 2 is 2.05 bits per heavy atom. The average Bonchev–Trinajstić information content (AvgIpc) is 2.42. The maximum atomic E-state index is 11.9. The third-order valence-corrected chi connectivity index (χ3v) is 2.80. The second-order valence-corrected chi connectivity index (χ2v) is 4.25. The summed E-state index contributed by atoms with van der Waals surface area (Å²) in [4.78, 5) is 26.3. The molecule has 0 aliphatic heterocycles. The first-order valence-corrected chi connectivity index (χ1v) is 5.94. The van der Waals surface area contributed by atoms with Crippen LogP contribution in [0, 0.1) is 6.92 Å². The molecule has 1 aromatic heterocycles. The minimum Gasteiger partial charge on any atom is -0.310 e. The summed E-state index contributed by atoms with van der Waals surface area (Å²) in [6.07, 6.45) is 2.45. The van der Waals surface area contributed by atoms with Crippen molar-refractivity contribution in [2.45, 2.75) is 13.3 Å². The number of amides is 1. The number of benzene rings is 1. The summed E-state index contributed by atoms with van der Waals surface area (Å²) >= 11 is 0. The molecule has 1 amide bonds. The third-order valence-electron chi connectivity index (χ3n) is 2.80. The number of hydrogen-bond acceptors (Lipinski definition) is 3. The van der Waals surface area contributed by atoms with Crippen LogP contribution in [0.25, 0.3) is 0 Å². The van der Waals surface area contributed by atoms with Gasteiger partial charge in [-0.2, -0.15) is 0 Å². The molecule has 19 heavy (non-hydrogen) atoms. The van der Waals surface area contributed by atoms with Gasteiger partial charge >= 0.3 is 0 Å². The summed E-state index contributed by atoms with van der Waals surface area (Å²) in [7, 11) is 0. The molecule has 0 saturated carbocycles. The summed E-state index contributed by atoms with van der Waals surface area (Å²) < 4.78 is 0. The molecule has 0 spiro atoms. The Kier molecular flexibility index (Phi) is 4.03. The van der Waals surface area contributed by atoms with Gasteiger partial charge in [-0.05, 0) is 30.2 Å². The first-order valence-electron chi connectivity index (χ1n) is 5.94. The summed E-state index contributed by atoms with van der Waals surface area (Å²) in [5.41, 5.74) is 2.56. The molecular weight excluding hydrogens is 240 g/mol. The van der Waals surface area contributed by atoms with Crippen LogP contribution in [0.5, 0.6) is 0 Å². The van der Waals surface area contributed by atoms with Crippen LogP contribution in [0.3, 0.4) is 0 Å². The van der Waals surface area contributed by atoms with E-state index in [1.54, 1.807) is 12.1 Å². The first kappa shape index (κ1) is 13.0. The second-order valence-electron chi connectivity index (χ2n) is 4.25. The summed E-state index contributed by atoms with van der Waals surface area (Å²) in [5, 5.41) is 2.70. The molecule has 0 unspecified atom stereocenters. The fourth-order valence-corrected chi connectivity index (χ4v) is 1.72. The van der Waals surface area contributed by atoms with Crippen LogP contribution in [0.1, 0.15) is 21.5 Å². The molecule has 4 heteroatoms. The van der Waals surface area contributed by atoms with Crippen molar-refractivity contribution in [3.8, 4) is 0 Å². The number of nitrogens with one attached hydrogen (secondary N) is 1. The lowest BCUT2D eigenvalue weighted by Crippen LogP contribution is -2.15. The molecule has 1 N–H and O–H groups in total. The zero-order chi connectivity index (χ0) is 13.7. The largest absolute Gasteiger partial charge is 0.310 e. The lowest BCUT2D eigenvalue weighted by atomic mass is 10.1. The second kappa shape index (κ2) is 5.91. The Balaban J connectivity index is 2.01. The number of carbonyl (C=O) groups excluding carboxylic acids is 2. The molecular formula is C15H14N2O2. The van der Waals surface area contributed by atoms with Gasteiger partial charge in [-0.15, -0.1) is 0 Å². The molecule has 0 radical (unpaired) electrons. The van der Waals surface area contributed by atoms with Crippen molar-refractivity contribution in [3.63, 3.8) is 0 Å². The van der Waals surface area contributed by atoms with Gasteiger partial charge in [0.05, 0.1) is 6.42 Å². The van der Waals surface area contributed by atoms with Crippen molar-refractivity contribution < 1.29 is 9.59 Å². The van der Waals surface area contributed by atoms with E-state index >= 15 is 0 Å². The maximum Gasteiger partial charge on any atom is 0.229 e. The van der Waals surface area contributed by atoms with Crippen LogP contribution in [-0.2, 0) is 11.2 Å². The van der Waals surface area contributed by atoms with E-state index in [4.69, 9.17) is 0 Å². The van der Waals surface area contributed by atoms with Gasteiger partial charge in [-0.25, -0.2) is 4.98 Å². The highest BCUT2D eigenvalue weighted by Crippen LogP contribution is 2.09. The Bertz CT molecular complexity index is 591. The zero-order valence-electron chi connectivity index (χ0n) is 10.6. The van der Waals surface area contributed by atoms with Gasteiger partial charge in [-0.3, -0.25) is 9.59 Å². The SMILES string of the molecule is Cc1ccccc1CC(=O)Nc1ccc(C=O)cn1. The summed E-state index contributed by atoms with van der Waals surface area (Å²) in [5.74, 6) is 0.324. The van der Waals surface area contributed by atoms with Gasteiger partial charge in [0.1, 0.15) is 5.82 Å². The van der Waals surface area contributed by atoms with Crippen molar-refractivity contribution in [1.82, 2.24) is 4.98 Å². The van der Waals surface area contributed by atoms with E-state index in [0.717, 1.165) is 11.1 Å². The van der Waals surface area contributed by atoms with Gasteiger partial charge in [0, 0.05) is 11.8 Å². The van der Waals surface area contributed by atoms with E-state index in [1.165, 1.54) is 6.20 Å². The number of aldehydes is 1. The fourth-order valence-electron chi connectivity index (χ4n) is 1.72. The van der Waals surface area contributed by atoms with Crippen molar-refractivity contribution in [2.75, 3.05) is 5.32 Å². The van der Waals surface area contributed by atoms with Gasteiger partial charge in [0.25, 0.3) is 0 Å². The minimum absolute atomic E-state index is 0.124. The van der Waals surface area contributed by atoms with Gasteiger partial charge in [0.15, 0.2) is 6.29 Å². The molecule has 0 atom stereocenters. The number of anilines is 1. The number of pyridine rings is 1. The van der Waals surface area contributed by atoms with E-state index in [2.05, 4.69) is 10.3 Å². The fraction of sp³-hybridized carbons (Fsp3) is 0.133. The highest BCUT2D eigenvalue weighted by Gasteiger charge is 2.06. The van der Waals surface area contributed by atoms with Crippen LogP contribution in [0.4, 0.5) is 5.82 Å². The number of aromatic nitrogens is 1. The molecule has 0 fully saturated rings. The number of rotatable bonds is 4. The lowest BCUT2D eigenvalue weighted by Gasteiger charge is -2.06. The Morgan fingerprint density at radius 1 is 1.26 bits per heavy atom. The molecule has 0 saturated heterocycles. The van der Waals surface area contributed by atoms with E-state index < -0.39 is 0 Å². The van der Waals surface area contributed by atoms with Crippen molar-refractivity contribution in [3.05, 3.63) is 59.3 Å². The van der Waals surface area contributed by atoms with E-state index in [-0.39, 0.29) is 5.91 Å². The van der Waals surface area contributed by atoms with Crippen LogP contribution >= 0.6 is 0 Å². The highest BCUT2D eigenvalue weighted by atomic mass is 16.1. The predicted molar refractivity (Wildman–Crippen MR) is 73.1 cm³/mol. The zero-order valence-corrected chi connectivity index (χ0v) is 10.6. The monoisotopic (exact) mass is 254 g/mol. The smallest absolute Gasteiger partial charge is 0.229 e. The van der Waals surface area contributed by atoms with Crippen LogP contribution < -0.4 is 5.32 Å². The van der Waals surface area contributed by atoms with Crippen molar-refractivity contribution in [1.29, 1.82) is 0 Å². The van der Waals surface area contributed by atoms with Crippen molar-refractivity contribution >= 4 is 18.0 Å². The Labute approximate surface area is 111 Å². The quantitative estimate of drug-likeness (QED) is 0.852. The molecule has 96 valence electrons. The molecule has 0 bridgehead atoms. The normalized spacial score (nSPS) is 9.95. The minimum atomic E-state index is -0.124. The number of carbonyl (C=O) groups is 2. The lowest BCUT2D eigenvalue weighted by molar-refractivity contribution is -0.115. The standard InChI is InChI=1S/C15H14N2O2/c1-11-4-2-3-5-13(11)8-15(19)17-14-7-6-12(10-18)9-16-14/h2-7,9-10H,8H2,1H3,(H,16,17,19). The summed E-state index contributed by atoms with van der Waals surface area (Å²) in [6.45, 7) is 1.97. The topological polar surface area (TPSA) is 59.1 Å². The van der Waals surface area contributed by atoms with Gasteiger partial charge < -0.3 is 5.32 Å². The van der Waals surface area contributed by atoms with Crippen LogP contribution in [-0.4, -0.2) is 17.2 Å². The Morgan fingerprint density at radius 3 is 2.68 bits per heavy atom. The number of nitrogens with zero attached hydrogens (tertiary/aromatic N) is 1. The summed E-state index contributed by atoms with van der Waals surface area (Å²) in [6, 6.07) is 11.0. The average molecular weight is 254 g/mol. The molecule has 1 heterocycles. The van der Waals surface area contributed by atoms with Crippen molar-refractivity contribution in [2.24, 2.45) is 0 Å². The highest BCUT2D eigenvalue weighted by molar-refractivity contribution is 5.91. The Hall–Kier alpha value is -2.49. The predicted octanol–water partition coefficient (Wildman–Crippen LogP) is 2.38. The van der Waals surface area contributed by atoms with E-state index in [1.807, 2.05) is 31.2 Å².